The van der Waals surface area contributed by atoms with Crippen LogP contribution in [-0.2, 0) is 11.2 Å². The highest BCUT2D eigenvalue weighted by molar-refractivity contribution is 6.34. The molecule has 0 aliphatic rings. The van der Waals surface area contributed by atoms with Crippen LogP contribution in [0, 0.1) is 6.92 Å². The van der Waals surface area contributed by atoms with Gasteiger partial charge in [-0.15, -0.1) is 0 Å². The number of carboxylic acids is 1. The van der Waals surface area contributed by atoms with Gasteiger partial charge >= 0.3 is 5.97 Å². The first-order valence-electron chi connectivity index (χ1n) is 4.85. The number of hydrogen-bond acceptors (Lipinski definition) is 2. The van der Waals surface area contributed by atoms with Gasteiger partial charge in [0, 0.05) is 11.1 Å². The second-order valence-electron chi connectivity index (χ2n) is 3.58. The topological polar surface area (TPSA) is 50.2 Å². The smallest absolute Gasteiger partial charge is 0.307 e. The third-order valence-corrected chi connectivity index (χ3v) is 2.79. The molecular formula is C12H10ClNO2. The highest BCUT2D eigenvalue weighted by atomic mass is 35.5. The van der Waals surface area contributed by atoms with Gasteiger partial charge in [0.1, 0.15) is 5.15 Å². The molecule has 0 aliphatic heterocycles. The largest absolute Gasteiger partial charge is 0.481 e. The van der Waals surface area contributed by atoms with Crippen molar-refractivity contribution in [2.75, 3.05) is 0 Å². The van der Waals surface area contributed by atoms with E-state index >= 15 is 0 Å². The maximum absolute atomic E-state index is 10.8. The summed E-state index contributed by atoms with van der Waals surface area (Å²) in [5.74, 6) is -0.864. The van der Waals surface area contributed by atoms with Crippen LogP contribution in [-0.4, -0.2) is 16.1 Å². The van der Waals surface area contributed by atoms with Crippen molar-refractivity contribution in [2.45, 2.75) is 13.3 Å². The summed E-state index contributed by atoms with van der Waals surface area (Å²) in [5, 5.41) is 10.9. The molecule has 0 saturated heterocycles. The van der Waals surface area contributed by atoms with Crippen LogP contribution >= 0.6 is 11.6 Å². The molecule has 1 heterocycles. The molecular weight excluding hydrogens is 226 g/mol. The van der Waals surface area contributed by atoms with E-state index in [1.54, 1.807) is 6.92 Å². The molecule has 0 unspecified atom stereocenters. The van der Waals surface area contributed by atoms with Crippen molar-refractivity contribution in [3.8, 4) is 0 Å². The summed E-state index contributed by atoms with van der Waals surface area (Å²) in [7, 11) is 0. The lowest BCUT2D eigenvalue weighted by Gasteiger charge is -2.08. The molecule has 0 bridgehead atoms. The fraction of sp³-hybridized carbons (Fsp3) is 0.167. The normalized spacial score (nSPS) is 10.6. The minimum absolute atomic E-state index is 0.0312. The highest BCUT2D eigenvalue weighted by Crippen LogP contribution is 2.26. The molecule has 1 N–H and O–H groups in total. The van der Waals surface area contributed by atoms with E-state index in [2.05, 4.69) is 4.98 Å². The van der Waals surface area contributed by atoms with Crippen LogP contribution in [0.5, 0.6) is 0 Å². The van der Waals surface area contributed by atoms with E-state index in [1.165, 1.54) is 0 Å². The van der Waals surface area contributed by atoms with Crippen LogP contribution in [0.1, 0.15) is 11.3 Å². The average molecular weight is 236 g/mol. The molecule has 2 rings (SSSR count). The summed E-state index contributed by atoms with van der Waals surface area (Å²) in [4.78, 5) is 14.9. The van der Waals surface area contributed by atoms with E-state index in [1.807, 2.05) is 24.3 Å². The molecule has 0 aliphatic carbocycles. The number of pyridine rings is 1. The van der Waals surface area contributed by atoms with Gasteiger partial charge in [-0.05, 0) is 17.9 Å². The number of aliphatic carboxylic acids is 1. The van der Waals surface area contributed by atoms with Gasteiger partial charge in [-0.25, -0.2) is 4.98 Å². The van der Waals surface area contributed by atoms with Crippen LogP contribution in [0.25, 0.3) is 10.8 Å². The Hall–Kier alpha value is -1.61. The van der Waals surface area contributed by atoms with Crippen LogP contribution < -0.4 is 0 Å². The first-order chi connectivity index (χ1) is 7.59. The van der Waals surface area contributed by atoms with E-state index < -0.39 is 5.97 Å². The number of carboxylic acid groups (broad SMARTS) is 1. The van der Waals surface area contributed by atoms with Gasteiger partial charge in [0.05, 0.1) is 6.42 Å². The summed E-state index contributed by atoms with van der Waals surface area (Å²) in [6, 6.07) is 7.43. The second kappa shape index (κ2) is 4.10. The van der Waals surface area contributed by atoms with Crippen molar-refractivity contribution < 1.29 is 9.90 Å². The predicted molar refractivity (Wildman–Crippen MR) is 62.8 cm³/mol. The number of aromatic nitrogens is 1. The molecule has 0 fully saturated rings. The van der Waals surface area contributed by atoms with Crippen molar-refractivity contribution in [3.63, 3.8) is 0 Å². The lowest BCUT2D eigenvalue weighted by molar-refractivity contribution is -0.136. The van der Waals surface area contributed by atoms with Crippen molar-refractivity contribution in [1.82, 2.24) is 4.98 Å². The summed E-state index contributed by atoms with van der Waals surface area (Å²) in [6.07, 6.45) is -0.0312. The SMILES string of the molecule is Cc1nc(Cl)c2ccccc2c1CC(=O)O. The number of rotatable bonds is 2. The Morgan fingerprint density at radius 2 is 2.00 bits per heavy atom. The quantitative estimate of drug-likeness (QED) is 0.815. The zero-order valence-electron chi connectivity index (χ0n) is 8.70. The molecule has 4 heteroatoms. The summed E-state index contributed by atoms with van der Waals surface area (Å²) in [5.41, 5.74) is 1.40. The van der Waals surface area contributed by atoms with Crippen LogP contribution in [0.2, 0.25) is 5.15 Å². The average Bonchev–Trinajstić information content (AvgIpc) is 2.24. The van der Waals surface area contributed by atoms with E-state index in [0.717, 1.165) is 16.3 Å². The Morgan fingerprint density at radius 1 is 1.38 bits per heavy atom. The number of halogens is 1. The number of aryl methyl sites for hydroxylation is 1. The van der Waals surface area contributed by atoms with Crippen molar-refractivity contribution in [2.24, 2.45) is 0 Å². The van der Waals surface area contributed by atoms with E-state index in [4.69, 9.17) is 16.7 Å². The molecule has 1 aromatic heterocycles. The predicted octanol–water partition coefficient (Wildman–Crippen LogP) is 2.82. The first-order valence-corrected chi connectivity index (χ1v) is 5.23. The van der Waals surface area contributed by atoms with Gasteiger partial charge < -0.3 is 5.11 Å². The number of carbonyl (C=O) groups is 1. The molecule has 3 nitrogen and oxygen atoms in total. The number of hydrogen-bond donors (Lipinski definition) is 1. The molecule has 16 heavy (non-hydrogen) atoms. The van der Waals surface area contributed by atoms with Gasteiger partial charge in [-0.2, -0.15) is 0 Å². The summed E-state index contributed by atoms with van der Waals surface area (Å²) >= 11 is 6.01. The van der Waals surface area contributed by atoms with Crippen LogP contribution in [0.15, 0.2) is 24.3 Å². The van der Waals surface area contributed by atoms with Gasteiger partial charge in [0.15, 0.2) is 0 Å². The van der Waals surface area contributed by atoms with Gasteiger partial charge in [0.25, 0.3) is 0 Å². The highest BCUT2D eigenvalue weighted by Gasteiger charge is 2.12. The van der Waals surface area contributed by atoms with Crippen molar-refractivity contribution >= 4 is 28.3 Å². The minimum Gasteiger partial charge on any atom is -0.481 e. The molecule has 82 valence electrons. The van der Waals surface area contributed by atoms with E-state index in [-0.39, 0.29) is 6.42 Å². The fourth-order valence-corrected chi connectivity index (χ4v) is 2.06. The molecule has 0 saturated carbocycles. The van der Waals surface area contributed by atoms with Gasteiger partial charge in [-0.1, -0.05) is 35.9 Å². The van der Waals surface area contributed by atoms with Crippen molar-refractivity contribution in [3.05, 3.63) is 40.7 Å². The van der Waals surface area contributed by atoms with Crippen LogP contribution in [0.3, 0.4) is 0 Å². The third kappa shape index (κ3) is 1.86. The van der Waals surface area contributed by atoms with Gasteiger partial charge in [-0.3, -0.25) is 4.79 Å². The maximum atomic E-state index is 10.8. The lowest BCUT2D eigenvalue weighted by Crippen LogP contribution is -2.04. The second-order valence-corrected chi connectivity index (χ2v) is 3.94. The third-order valence-electron chi connectivity index (χ3n) is 2.51. The lowest BCUT2D eigenvalue weighted by atomic mass is 10.0. The molecule has 0 radical (unpaired) electrons. The summed E-state index contributed by atoms with van der Waals surface area (Å²) in [6.45, 7) is 1.77. The number of benzene rings is 1. The van der Waals surface area contributed by atoms with E-state index in [9.17, 15) is 4.79 Å². The van der Waals surface area contributed by atoms with Gasteiger partial charge in [0.2, 0.25) is 0 Å². The first kappa shape index (κ1) is 10.9. The fourth-order valence-electron chi connectivity index (χ4n) is 1.77. The molecule has 0 amide bonds. The molecule has 0 spiro atoms. The number of nitrogens with zero attached hydrogens (tertiary/aromatic N) is 1. The number of fused-ring (bicyclic) bond motifs is 1. The Kier molecular flexibility index (Phi) is 2.79. The van der Waals surface area contributed by atoms with Crippen LogP contribution in [0.4, 0.5) is 0 Å². The minimum atomic E-state index is -0.864. The Balaban J connectivity index is 2.76. The summed E-state index contributed by atoms with van der Waals surface area (Å²) < 4.78 is 0. The zero-order chi connectivity index (χ0) is 11.7. The maximum Gasteiger partial charge on any atom is 0.307 e. The molecule has 1 aromatic carbocycles. The Morgan fingerprint density at radius 3 is 2.62 bits per heavy atom. The Bertz CT molecular complexity index is 566. The molecule has 2 aromatic rings. The Labute approximate surface area is 97.7 Å². The zero-order valence-corrected chi connectivity index (χ0v) is 9.45. The van der Waals surface area contributed by atoms with Crippen molar-refractivity contribution in [1.29, 1.82) is 0 Å². The standard InChI is InChI=1S/C12H10ClNO2/c1-7-10(6-11(15)16)8-4-2-3-5-9(8)12(13)14-7/h2-5H,6H2,1H3,(H,15,16). The molecule has 0 atom stereocenters. The van der Waals surface area contributed by atoms with E-state index in [0.29, 0.717) is 10.8 Å². The monoisotopic (exact) mass is 235 g/mol.